The highest BCUT2D eigenvalue weighted by Crippen LogP contribution is 2.32. The second-order valence-electron chi connectivity index (χ2n) is 9.47. The fourth-order valence-corrected chi connectivity index (χ4v) is 5.70. The van der Waals surface area contributed by atoms with Crippen LogP contribution in [0.2, 0.25) is 5.02 Å². The molecular formula is C30H35ClFN3O6S. The van der Waals surface area contributed by atoms with Gasteiger partial charge >= 0.3 is 0 Å². The summed E-state index contributed by atoms with van der Waals surface area (Å²) >= 11 is 6.03. The van der Waals surface area contributed by atoms with Crippen molar-refractivity contribution in [3.05, 3.63) is 83.1 Å². The van der Waals surface area contributed by atoms with Crippen LogP contribution in [0.4, 0.5) is 10.1 Å². The predicted octanol–water partition coefficient (Wildman–Crippen LogP) is 5.03. The van der Waals surface area contributed by atoms with Crippen molar-refractivity contribution >= 4 is 39.1 Å². The van der Waals surface area contributed by atoms with E-state index in [1.165, 1.54) is 49.5 Å². The van der Waals surface area contributed by atoms with Crippen LogP contribution in [0.1, 0.15) is 32.3 Å². The fourth-order valence-electron chi connectivity index (χ4n) is 4.15. The number of anilines is 1. The molecule has 226 valence electrons. The van der Waals surface area contributed by atoms with Crippen LogP contribution in [0.25, 0.3) is 0 Å². The third kappa shape index (κ3) is 8.13. The minimum Gasteiger partial charge on any atom is -0.493 e. The van der Waals surface area contributed by atoms with Gasteiger partial charge in [-0.2, -0.15) is 0 Å². The minimum atomic E-state index is -4.39. The molecule has 0 aliphatic carbocycles. The van der Waals surface area contributed by atoms with E-state index < -0.39 is 34.3 Å². The lowest BCUT2D eigenvalue weighted by Crippen LogP contribution is -2.51. The van der Waals surface area contributed by atoms with Crippen LogP contribution in [0.3, 0.4) is 0 Å². The summed E-state index contributed by atoms with van der Waals surface area (Å²) in [4.78, 5) is 28.1. The van der Waals surface area contributed by atoms with Crippen LogP contribution >= 0.6 is 11.6 Å². The number of sulfonamides is 1. The molecule has 1 atom stereocenters. The Hall–Kier alpha value is -3.83. The monoisotopic (exact) mass is 619 g/mol. The number of nitrogens with one attached hydrogen (secondary N) is 1. The Morgan fingerprint density at radius 3 is 2.21 bits per heavy atom. The van der Waals surface area contributed by atoms with Gasteiger partial charge in [0.2, 0.25) is 11.8 Å². The number of carbonyl (C=O) groups is 2. The lowest BCUT2D eigenvalue weighted by Gasteiger charge is -2.32. The van der Waals surface area contributed by atoms with Crippen LogP contribution in [-0.2, 0) is 26.2 Å². The van der Waals surface area contributed by atoms with E-state index in [0.717, 1.165) is 29.3 Å². The third-order valence-electron chi connectivity index (χ3n) is 6.60. The Bertz CT molecular complexity index is 1470. The summed E-state index contributed by atoms with van der Waals surface area (Å²) < 4.78 is 53.2. The highest BCUT2D eigenvalue weighted by atomic mass is 35.5. The number of hydrogen-bond acceptors (Lipinski definition) is 6. The van der Waals surface area contributed by atoms with Gasteiger partial charge in [-0.1, -0.05) is 37.1 Å². The highest BCUT2D eigenvalue weighted by molar-refractivity contribution is 7.92. The normalized spacial score (nSPS) is 11.9. The second-order valence-corrected chi connectivity index (χ2v) is 11.8. The quantitative estimate of drug-likeness (QED) is 0.254. The van der Waals surface area contributed by atoms with Gasteiger partial charge in [-0.15, -0.1) is 0 Å². The first kappa shape index (κ1) is 32.7. The molecule has 0 fully saturated rings. The first-order chi connectivity index (χ1) is 20.0. The number of carbonyl (C=O) groups excluding carboxylic acids is 2. The molecule has 3 rings (SSSR count). The van der Waals surface area contributed by atoms with Gasteiger partial charge in [0.15, 0.2) is 11.5 Å². The molecule has 9 nitrogen and oxygen atoms in total. The lowest BCUT2D eigenvalue weighted by molar-refractivity contribution is -0.139. The maximum atomic E-state index is 14.0. The molecule has 0 aliphatic heterocycles. The van der Waals surface area contributed by atoms with Crippen molar-refractivity contribution in [2.75, 3.05) is 31.6 Å². The van der Waals surface area contributed by atoms with Crippen molar-refractivity contribution in [1.29, 1.82) is 0 Å². The molecule has 0 spiro atoms. The van der Waals surface area contributed by atoms with E-state index in [1.54, 1.807) is 31.2 Å². The van der Waals surface area contributed by atoms with E-state index in [9.17, 15) is 22.4 Å². The van der Waals surface area contributed by atoms with Crippen molar-refractivity contribution in [1.82, 2.24) is 10.2 Å². The Labute approximate surface area is 251 Å². The zero-order chi connectivity index (χ0) is 30.9. The summed E-state index contributed by atoms with van der Waals surface area (Å²) in [5.74, 6) is -1.10. The van der Waals surface area contributed by atoms with E-state index in [-0.39, 0.29) is 28.8 Å². The van der Waals surface area contributed by atoms with Crippen LogP contribution in [0.5, 0.6) is 11.5 Å². The summed E-state index contributed by atoms with van der Waals surface area (Å²) in [5.41, 5.74) is 0.753. The van der Waals surface area contributed by atoms with E-state index in [2.05, 4.69) is 5.32 Å². The number of hydrogen-bond donors (Lipinski definition) is 1. The standard InChI is InChI=1S/C30H35ClFN3O6S/c1-5-6-17-33-30(37)21(2)34(19-22-7-9-23(31)10-8-22)29(36)20-35(25-13-11-24(32)12-14-25)42(38,39)26-15-16-27(40-3)28(18-26)41-4/h7-16,18,21H,5-6,17,19-20H2,1-4H3,(H,33,37)/t21-/m1/s1. The molecule has 0 saturated heterocycles. The first-order valence-corrected chi connectivity index (χ1v) is 15.2. The molecule has 1 N–H and O–H groups in total. The molecule has 2 amide bonds. The summed E-state index contributed by atoms with van der Waals surface area (Å²) in [6.07, 6.45) is 1.65. The molecule has 3 aromatic carbocycles. The number of amides is 2. The van der Waals surface area contributed by atoms with Crippen molar-refractivity contribution < 1.29 is 31.9 Å². The summed E-state index contributed by atoms with van der Waals surface area (Å²) in [7, 11) is -1.59. The molecule has 0 bridgehead atoms. The zero-order valence-electron chi connectivity index (χ0n) is 24.0. The van der Waals surface area contributed by atoms with Crippen LogP contribution < -0.4 is 19.1 Å². The maximum absolute atomic E-state index is 14.0. The number of methoxy groups -OCH3 is 2. The van der Waals surface area contributed by atoms with E-state index in [4.69, 9.17) is 21.1 Å². The molecule has 3 aromatic rings. The average molecular weight is 620 g/mol. The molecule has 0 unspecified atom stereocenters. The van der Waals surface area contributed by atoms with Crippen molar-refractivity contribution in [3.63, 3.8) is 0 Å². The topological polar surface area (TPSA) is 105 Å². The van der Waals surface area contributed by atoms with Crippen molar-refractivity contribution in [3.8, 4) is 11.5 Å². The molecule has 0 aliphatic rings. The molecule has 0 aromatic heterocycles. The number of ether oxygens (including phenoxy) is 2. The van der Waals surface area contributed by atoms with E-state index in [0.29, 0.717) is 22.9 Å². The predicted molar refractivity (Wildman–Crippen MR) is 160 cm³/mol. The van der Waals surface area contributed by atoms with Crippen LogP contribution in [-0.4, -0.2) is 58.5 Å². The molecule has 0 radical (unpaired) electrons. The van der Waals surface area contributed by atoms with Crippen LogP contribution in [0.15, 0.2) is 71.6 Å². The number of nitrogens with zero attached hydrogens (tertiary/aromatic N) is 2. The maximum Gasteiger partial charge on any atom is 0.264 e. The van der Waals surface area contributed by atoms with Gasteiger partial charge in [0, 0.05) is 24.2 Å². The van der Waals surface area contributed by atoms with Gasteiger partial charge in [0.1, 0.15) is 18.4 Å². The average Bonchev–Trinajstić information content (AvgIpc) is 2.99. The molecule has 0 saturated carbocycles. The zero-order valence-corrected chi connectivity index (χ0v) is 25.5. The molecule has 0 heterocycles. The van der Waals surface area contributed by atoms with Crippen molar-refractivity contribution in [2.45, 2.75) is 44.2 Å². The van der Waals surface area contributed by atoms with Gasteiger partial charge < -0.3 is 19.7 Å². The molecule has 12 heteroatoms. The molecular weight excluding hydrogens is 585 g/mol. The number of halogens is 2. The Balaban J connectivity index is 2.03. The Kier molecular flexibility index (Phi) is 11.6. The number of benzene rings is 3. The van der Waals surface area contributed by atoms with Gasteiger partial charge in [-0.3, -0.25) is 13.9 Å². The largest absolute Gasteiger partial charge is 0.493 e. The fraction of sp³-hybridized carbons (Fsp3) is 0.333. The smallest absolute Gasteiger partial charge is 0.264 e. The van der Waals surface area contributed by atoms with Gasteiger partial charge in [0.25, 0.3) is 10.0 Å². The summed E-state index contributed by atoms with van der Waals surface area (Å²) in [6, 6.07) is 14.6. The third-order valence-corrected chi connectivity index (χ3v) is 8.62. The van der Waals surface area contributed by atoms with Crippen LogP contribution in [0, 0.1) is 5.82 Å². The Morgan fingerprint density at radius 2 is 1.62 bits per heavy atom. The summed E-state index contributed by atoms with van der Waals surface area (Å²) in [5, 5.41) is 3.34. The summed E-state index contributed by atoms with van der Waals surface area (Å²) in [6.45, 7) is 3.38. The van der Waals surface area contributed by atoms with Crippen molar-refractivity contribution in [2.24, 2.45) is 0 Å². The first-order valence-electron chi connectivity index (χ1n) is 13.3. The SMILES string of the molecule is CCCCNC(=O)[C@@H](C)N(Cc1ccc(Cl)cc1)C(=O)CN(c1ccc(F)cc1)S(=O)(=O)c1ccc(OC)c(OC)c1. The molecule has 42 heavy (non-hydrogen) atoms. The second kappa shape index (κ2) is 14.9. The van der Waals surface area contributed by atoms with Gasteiger partial charge in [-0.25, -0.2) is 12.8 Å². The highest BCUT2D eigenvalue weighted by Gasteiger charge is 2.33. The Morgan fingerprint density at radius 1 is 0.976 bits per heavy atom. The van der Waals surface area contributed by atoms with E-state index in [1.807, 2.05) is 6.92 Å². The number of unbranched alkanes of at least 4 members (excludes halogenated alkanes) is 1. The lowest BCUT2D eigenvalue weighted by atomic mass is 10.1. The number of rotatable bonds is 14. The van der Waals surface area contributed by atoms with E-state index >= 15 is 0 Å². The van der Waals surface area contributed by atoms with Gasteiger partial charge in [0.05, 0.1) is 24.8 Å². The minimum absolute atomic E-state index is 0.0199. The van der Waals surface area contributed by atoms with Gasteiger partial charge in [-0.05, 0) is 67.4 Å².